The molecule has 0 aliphatic carbocycles. The van der Waals surface area contributed by atoms with Crippen molar-refractivity contribution in [2.24, 2.45) is 11.7 Å². The first-order valence-electron chi connectivity index (χ1n) is 4.85. The van der Waals surface area contributed by atoms with E-state index in [1.165, 1.54) is 0 Å². The van der Waals surface area contributed by atoms with Crippen LogP contribution in [0.25, 0.3) is 0 Å². The summed E-state index contributed by atoms with van der Waals surface area (Å²) in [5.74, 6) is -0.301. The number of carbonyl (C=O) groups excluding carboxylic acids is 1. The van der Waals surface area contributed by atoms with Gasteiger partial charge in [0.25, 0.3) is 0 Å². The zero-order valence-electron chi connectivity index (χ0n) is 8.29. The standard InChI is InChI=1S/C9H16N4O/c1-2-7(11)9(14)13-8-5-12-4-6(8)3-10/h6-8,12H,2,4-5,11H2,1H3,(H,13,14)/t6?,7-,8?/m1/s1. The second-order valence-corrected chi connectivity index (χ2v) is 3.52. The molecular weight excluding hydrogens is 180 g/mol. The summed E-state index contributed by atoms with van der Waals surface area (Å²) in [5.41, 5.74) is 5.57. The Kier molecular flexibility index (Phi) is 3.86. The molecule has 3 atom stereocenters. The van der Waals surface area contributed by atoms with Crippen LogP contribution in [0.2, 0.25) is 0 Å². The van der Waals surface area contributed by atoms with Crippen LogP contribution >= 0.6 is 0 Å². The first-order valence-corrected chi connectivity index (χ1v) is 4.85. The number of amides is 1. The van der Waals surface area contributed by atoms with Crippen LogP contribution in [0, 0.1) is 17.2 Å². The Bertz CT molecular complexity index is 248. The lowest BCUT2D eigenvalue weighted by Gasteiger charge is -2.17. The Balaban J connectivity index is 2.44. The lowest BCUT2D eigenvalue weighted by atomic mass is 10.1. The van der Waals surface area contributed by atoms with Gasteiger partial charge in [0.1, 0.15) is 0 Å². The van der Waals surface area contributed by atoms with Gasteiger partial charge in [-0.3, -0.25) is 4.79 Å². The highest BCUT2D eigenvalue weighted by molar-refractivity contribution is 5.81. The molecule has 1 fully saturated rings. The molecule has 1 heterocycles. The molecular formula is C9H16N4O. The Morgan fingerprint density at radius 2 is 2.50 bits per heavy atom. The van der Waals surface area contributed by atoms with Crippen LogP contribution < -0.4 is 16.4 Å². The maximum atomic E-state index is 11.4. The summed E-state index contributed by atoms with van der Waals surface area (Å²) in [6, 6.07) is 1.60. The minimum Gasteiger partial charge on any atom is -0.349 e. The molecule has 1 amide bonds. The molecule has 1 saturated heterocycles. The van der Waals surface area contributed by atoms with Gasteiger partial charge in [0.2, 0.25) is 5.91 Å². The molecule has 2 unspecified atom stereocenters. The summed E-state index contributed by atoms with van der Waals surface area (Å²) in [7, 11) is 0. The summed E-state index contributed by atoms with van der Waals surface area (Å²) in [6.07, 6.45) is 0.614. The van der Waals surface area contributed by atoms with Crippen LogP contribution in [0.4, 0.5) is 0 Å². The summed E-state index contributed by atoms with van der Waals surface area (Å²) < 4.78 is 0. The normalized spacial score (nSPS) is 28.1. The van der Waals surface area contributed by atoms with E-state index >= 15 is 0 Å². The van der Waals surface area contributed by atoms with Crippen molar-refractivity contribution in [2.75, 3.05) is 13.1 Å². The van der Waals surface area contributed by atoms with E-state index in [4.69, 9.17) is 11.0 Å². The lowest BCUT2D eigenvalue weighted by molar-refractivity contribution is -0.123. The first-order chi connectivity index (χ1) is 6.69. The fraction of sp³-hybridized carbons (Fsp3) is 0.778. The molecule has 5 heteroatoms. The number of nitrogens with one attached hydrogen (secondary N) is 2. The number of rotatable bonds is 3. The quantitative estimate of drug-likeness (QED) is 0.537. The number of nitrogens with two attached hydrogens (primary N) is 1. The van der Waals surface area contributed by atoms with Crippen molar-refractivity contribution < 1.29 is 4.79 Å². The van der Waals surface area contributed by atoms with Gasteiger partial charge in [0, 0.05) is 13.1 Å². The summed E-state index contributed by atoms with van der Waals surface area (Å²) in [4.78, 5) is 11.4. The van der Waals surface area contributed by atoms with Crippen molar-refractivity contribution >= 4 is 5.91 Å². The molecule has 1 aliphatic heterocycles. The van der Waals surface area contributed by atoms with Gasteiger partial charge in [-0.15, -0.1) is 0 Å². The van der Waals surface area contributed by atoms with E-state index in [0.29, 0.717) is 19.5 Å². The van der Waals surface area contributed by atoms with Gasteiger partial charge in [-0.25, -0.2) is 0 Å². The molecule has 0 spiro atoms. The Hall–Kier alpha value is -1.12. The fourth-order valence-corrected chi connectivity index (χ4v) is 1.44. The Morgan fingerprint density at radius 1 is 1.79 bits per heavy atom. The predicted octanol–water partition coefficient (Wildman–Crippen LogP) is -1.05. The van der Waals surface area contributed by atoms with E-state index in [-0.39, 0.29) is 17.9 Å². The number of hydrogen-bond acceptors (Lipinski definition) is 4. The number of carbonyl (C=O) groups is 1. The molecule has 0 radical (unpaired) electrons. The first kappa shape index (κ1) is 11.0. The van der Waals surface area contributed by atoms with Crippen LogP contribution in [-0.4, -0.2) is 31.1 Å². The van der Waals surface area contributed by atoms with E-state index in [2.05, 4.69) is 16.7 Å². The summed E-state index contributed by atoms with van der Waals surface area (Å²) in [5, 5.41) is 14.6. The van der Waals surface area contributed by atoms with E-state index in [1.54, 1.807) is 0 Å². The molecule has 14 heavy (non-hydrogen) atoms. The van der Waals surface area contributed by atoms with Crippen molar-refractivity contribution in [1.82, 2.24) is 10.6 Å². The van der Waals surface area contributed by atoms with E-state index < -0.39 is 6.04 Å². The van der Waals surface area contributed by atoms with Crippen molar-refractivity contribution in [3.05, 3.63) is 0 Å². The molecule has 0 aromatic carbocycles. The van der Waals surface area contributed by atoms with Crippen LogP contribution in [-0.2, 0) is 4.79 Å². The largest absolute Gasteiger partial charge is 0.349 e. The predicted molar refractivity (Wildman–Crippen MR) is 52.2 cm³/mol. The van der Waals surface area contributed by atoms with Gasteiger partial charge >= 0.3 is 0 Å². The van der Waals surface area contributed by atoms with Gasteiger partial charge in [-0.05, 0) is 6.42 Å². The van der Waals surface area contributed by atoms with Gasteiger partial charge in [0.05, 0.1) is 24.1 Å². The van der Waals surface area contributed by atoms with Crippen LogP contribution in [0.5, 0.6) is 0 Å². The highest BCUT2D eigenvalue weighted by atomic mass is 16.2. The van der Waals surface area contributed by atoms with Gasteiger partial charge in [-0.2, -0.15) is 5.26 Å². The van der Waals surface area contributed by atoms with E-state index in [0.717, 1.165) is 0 Å². The maximum Gasteiger partial charge on any atom is 0.237 e. The van der Waals surface area contributed by atoms with Crippen molar-refractivity contribution in [2.45, 2.75) is 25.4 Å². The van der Waals surface area contributed by atoms with Gasteiger partial charge < -0.3 is 16.4 Å². The third kappa shape index (κ3) is 2.44. The highest BCUT2D eigenvalue weighted by Gasteiger charge is 2.29. The monoisotopic (exact) mass is 196 g/mol. The van der Waals surface area contributed by atoms with E-state index in [9.17, 15) is 4.79 Å². The van der Waals surface area contributed by atoms with Gasteiger partial charge in [-0.1, -0.05) is 6.92 Å². The Morgan fingerprint density at radius 3 is 3.07 bits per heavy atom. The zero-order valence-corrected chi connectivity index (χ0v) is 8.29. The average molecular weight is 196 g/mol. The molecule has 4 N–H and O–H groups in total. The third-order valence-electron chi connectivity index (χ3n) is 2.48. The SMILES string of the molecule is CC[C@@H](N)C(=O)NC1CNCC1C#N. The van der Waals surface area contributed by atoms with Crippen molar-refractivity contribution in [1.29, 1.82) is 5.26 Å². The average Bonchev–Trinajstić information content (AvgIpc) is 2.63. The topological polar surface area (TPSA) is 90.9 Å². The maximum absolute atomic E-state index is 11.4. The molecule has 5 nitrogen and oxygen atoms in total. The number of hydrogen-bond donors (Lipinski definition) is 3. The molecule has 0 saturated carbocycles. The van der Waals surface area contributed by atoms with Crippen LogP contribution in [0.15, 0.2) is 0 Å². The minimum absolute atomic E-state index is 0.0925. The van der Waals surface area contributed by atoms with E-state index in [1.807, 2.05) is 6.92 Å². The fourth-order valence-electron chi connectivity index (χ4n) is 1.44. The summed E-state index contributed by atoms with van der Waals surface area (Å²) in [6.45, 7) is 3.15. The Labute approximate surface area is 83.6 Å². The summed E-state index contributed by atoms with van der Waals surface area (Å²) >= 11 is 0. The zero-order chi connectivity index (χ0) is 10.6. The third-order valence-corrected chi connectivity index (χ3v) is 2.48. The number of nitriles is 1. The number of nitrogens with zero attached hydrogens (tertiary/aromatic N) is 1. The molecule has 1 rings (SSSR count). The van der Waals surface area contributed by atoms with Crippen LogP contribution in [0.3, 0.4) is 0 Å². The smallest absolute Gasteiger partial charge is 0.237 e. The van der Waals surface area contributed by atoms with Crippen molar-refractivity contribution in [3.8, 4) is 6.07 Å². The van der Waals surface area contributed by atoms with Crippen molar-refractivity contribution in [3.63, 3.8) is 0 Å². The molecule has 0 bridgehead atoms. The highest BCUT2D eigenvalue weighted by Crippen LogP contribution is 2.07. The molecule has 1 aliphatic rings. The molecule has 78 valence electrons. The second-order valence-electron chi connectivity index (χ2n) is 3.52. The van der Waals surface area contributed by atoms with Crippen LogP contribution in [0.1, 0.15) is 13.3 Å². The molecule has 0 aromatic heterocycles. The second kappa shape index (κ2) is 4.94. The minimum atomic E-state index is -0.463. The van der Waals surface area contributed by atoms with Gasteiger partial charge in [0.15, 0.2) is 0 Å². The molecule has 0 aromatic rings. The lowest BCUT2D eigenvalue weighted by Crippen LogP contribution is -2.47.